The van der Waals surface area contributed by atoms with Gasteiger partial charge in [0, 0.05) is 6.07 Å². The van der Waals surface area contributed by atoms with E-state index < -0.39 is 17.8 Å². The number of methoxy groups -OCH3 is 2. The molecule has 1 unspecified atom stereocenters. The van der Waals surface area contributed by atoms with Crippen molar-refractivity contribution in [1.29, 1.82) is 0 Å². The Balaban J connectivity index is 2.15. The zero-order chi connectivity index (χ0) is 17.0. The van der Waals surface area contributed by atoms with E-state index in [9.17, 15) is 14.3 Å². The van der Waals surface area contributed by atoms with E-state index >= 15 is 0 Å². The van der Waals surface area contributed by atoms with Crippen LogP contribution in [-0.4, -0.2) is 25.2 Å². The first-order chi connectivity index (χ1) is 11.0. The topological polar surface area (TPSA) is 67.8 Å². The van der Waals surface area contributed by atoms with Crippen LogP contribution in [0.2, 0.25) is 0 Å². The number of hydrogen-bond acceptors (Lipinski definition) is 4. The molecule has 2 N–H and O–H groups in total. The van der Waals surface area contributed by atoms with Crippen LogP contribution in [-0.2, 0) is 0 Å². The van der Waals surface area contributed by atoms with Crippen molar-refractivity contribution >= 4 is 5.91 Å². The number of nitrogens with one attached hydrogen (secondary N) is 1. The zero-order valence-electron chi connectivity index (χ0n) is 13.1. The number of amides is 1. The lowest BCUT2D eigenvalue weighted by atomic mass is 10.1. The van der Waals surface area contributed by atoms with Gasteiger partial charge in [-0.05, 0) is 36.8 Å². The summed E-state index contributed by atoms with van der Waals surface area (Å²) in [5.41, 5.74) is 0.705. The summed E-state index contributed by atoms with van der Waals surface area (Å²) in [7, 11) is 2.85. The van der Waals surface area contributed by atoms with Gasteiger partial charge >= 0.3 is 0 Å². The Kier molecular flexibility index (Phi) is 5.05. The normalized spacial score (nSPS) is 11.7. The standard InChI is InChI=1S/C17H18FNO4/c1-10(11-4-7-16(23-3)14(18)8-11)19-17(21)13-6-5-12(22-2)9-15(13)20/h4-10,20H,1-3H3,(H,19,21). The predicted octanol–water partition coefficient (Wildman–Crippen LogP) is 3.04. The Hall–Kier alpha value is -2.76. The minimum absolute atomic E-state index is 0.117. The lowest BCUT2D eigenvalue weighted by Crippen LogP contribution is -2.26. The van der Waals surface area contributed by atoms with Crippen LogP contribution < -0.4 is 14.8 Å². The monoisotopic (exact) mass is 319 g/mol. The van der Waals surface area contributed by atoms with Crippen molar-refractivity contribution in [2.45, 2.75) is 13.0 Å². The zero-order valence-corrected chi connectivity index (χ0v) is 13.1. The molecule has 1 amide bonds. The molecule has 0 bridgehead atoms. The summed E-state index contributed by atoms with van der Waals surface area (Å²) in [6, 6.07) is 8.42. The first-order valence-corrected chi connectivity index (χ1v) is 6.97. The van der Waals surface area contributed by atoms with Crippen LogP contribution in [0.25, 0.3) is 0 Å². The van der Waals surface area contributed by atoms with Crippen LogP contribution >= 0.6 is 0 Å². The smallest absolute Gasteiger partial charge is 0.255 e. The van der Waals surface area contributed by atoms with Crippen molar-refractivity contribution in [2.24, 2.45) is 0 Å². The highest BCUT2D eigenvalue weighted by atomic mass is 19.1. The summed E-state index contributed by atoms with van der Waals surface area (Å²) < 4.78 is 23.6. The van der Waals surface area contributed by atoms with E-state index in [1.807, 2.05) is 0 Å². The summed E-state index contributed by atoms with van der Waals surface area (Å²) >= 11 is 0. The molecule has 0 saturated heterocycles. The Morgan fingerprint density at radius 3 is 2.48 bits per heavy atom. The van der Waals surface area contributed by atoms with E-state index in [0.29, 0.717) is 11.3 Å². The van der Waals surface area contributed by atoms with Gasteiger partial charge in [0.2, 0.25) is 0 Å². The van der Waals surface area contributed by atoms with Crippen molar-refractivity contribution in [1.82, 2.24) is 5.32 Å². The molecule has 0 aliphatic rings. The maximum Gasteiger partial charge on any atom is 0.255 e. The highest BCUT2D eigenvalue weighted by Gasteiger charge is 2.16. The van der Waals surface area contributed by atoms with E-state index in [4.69, 9.17) is 9.47 Å². The summed E-state index contributed by atoms with van der Waals surface area (Å²) in [5, 5.41) is 12.6. The molecule has 0 aromatic heterocycles. The number of carbonyl (C=O) groups excluding carboxylic acids is 1. The molecule has 2 aromatic rings. The van der Waals surface area contributed by atoms with Crippen molar-refractivity contribution in [3.05, 3.63) is 53.3 Å². The van der Waals surface area contributed by atoms with Gasteiger partial charge in [-0.25, -0.2) is 4.39 Å². The second kappa shape index (κ2) is 7.00. The molecule has 0 aliphatic carbocycles. The number of aromatic hydroxyl groups is 1. The van der Waals surface area contributed by atoms with Gasteiger partial charge in [0.1, 0.15) is 11.5 Å². The Morgan fingerprint density at radius 1 is 1.17 bits per heavy atom. The molecule has 0 aliphatic heterocycles. The van der Waals surface area contributed by atoms with Crippen LogP contribution in [0.15, 0.2) is 36.4 Å². The van der Waals surface area contributed by atoms with Crippen molar-refractivity contribution in [3.8, 4) is 17.2 Å². The molecule has 6 heteroatoms. The maximum absolute atomic E-state index is 13.7. The number of carbonyl (C=O) groups is 1. The molecule has 122 valence electrons. The minimum Gasteiger partial charge on any atom is -0.507 e. The van der Waals surface area contributed by atoms with Crippen molar-refractivity contribution in [2.75, 3.05) is 14.2 Å². The first-order valence-electron chi connectivity index (χ1n) is 6.97. The fourth-order valence-corrected chi connectivity index (χ4v) is 2.14. The average molecular weight is 319 g/mol. The fraction of sp³-hybridized carbons (Fsp3) is 0.235. The lowest BCUT2D eigenvalue weighted by molar-refractivity contribution is 0.0937. The third-order valence-corrected chi connectivity index (χ3v) is 3.47. The molecule has 0 spiro atoms. The van der Waals surface area contributed by atoms with Gasteiger partial charge in [-0.3, -0.25) is 4.79 Å². The van der Waals surface area contributed by atoms with Gasteiger partial charge in [0.25, 0.3) is 5.91 Å². The van der Waals surface area contributed by atoms with Crippen LogP contribution in [0.4, 0.5) is 4.39 Å². The number of phenols is 1. The van der Waals surface area contributed by atoms with E-state index in [2.05, 4.69) is 5.32 Å². The first kappa shape index (κ1) is 16.6. The number of halogens is 1. The highest BCUT2D eigenvalue weighted by Crippen LogP contribution is 2.25. The van der Waals surface area contributed by atoms with E-state index in [-0.39, 0.29) is 17.1 Å². The van der Waals surface area contributed by atoms with Gasteiger partial charge in [-0.2, -0.15) is 0 Å². The van der Waals surface area contributed by atoms with Gasteiger partial charge in [0.05, 0.1) is 25.8 Å². The van der Waals surface area contributed by atoms with E-state index in [1.54, 1.807) is 19.1 Å². The SMILES string of the molecule is COc1ccc(C(=O)NC(C)c2ccc(OC)c(F)c2)c(O)c1. The van der Waals surface area contributed by atoms with Crippen LogP contribution in [0.1, 0.15) is 28.9 Å². The van der Waals surface area contributed by atoms with Gasteiger partial charge in [-0.1, -0.05) is 6.07 Å². The number of hydrogen-bond donors (Lipinski definition) is 2. The van der Waals surface area contributed by atoms with Crippen molar-refractivity contribution in [3.63, 3.8) is 0 Å². The third-order valence-electron chi connectivity index (χ3n) is 3.47. The molecule has 0 fully saturated rings. The molecular formula is C17H18FNO4. The second-order valence-electron chi connectivity index (χ2n) is 4.97. The quantitative estimate of drug-likeness (QED) is 0.889. The third kappa shape index (κ3) is 3.71. The van der Waals surface area contributed by atoms with Crippen LogP contribution in [0.5, 0.6) is 17.2 Å². The number of phenolic OH excluding ortho intramolecular Hbond substituents is 1. The minimum atomic E-state index is -0.501. The molecule has 23 heavy (non-hydrogen) atoms. The number of rotatable bonds is 5. The molecule has 0 radical (unpaired) electrons. The Bertz CT molecular complexity index is 718. The van der Waals surface area contributed by atoms with Gasteiger partial charge < -0.3 is 19.9 Å². The highest BCUT2D eigenvalue weighted by molar-refractivity contribution is 5.97. The molecular weight excluding hydrogens is 301 g/mol. The van der Waals surface area contributed by atoms with Crippen LogP contribution in [0, 0.1) is 5.82 Å². The summed E-state index contributed by atoms with van der Waals surface area (Å²) in [6.07, 6.45) is 0. The molecule has 5 nitrogen and oxygen atoms in total. The fourth-order valence-electron chi connectivity index (χ4n) is 2.14. The summed E-state index contributed by atoms with van der Waals surface area (Å²) in [5.74, 6) is -0.563. The molecule has 1 atom stereocenters. The Morgan fingerprint density at radius 2 is 1.91 bits per heavy atom. The van der Waals surface area contributed by atoms with E-state index in [1.165, 1.54) is 38.5 Å². The Labute approximate surface area is 133 Å². The largest absolute Gasteiger partial charge is 0.507 e. The van der Waals surface area contributed by atoms with Crippen LogP contribution in [0.3, 0.4) is 0 Å². The van der Waals surface area contributed by atoms with E-state index in [0.717, 1.165) is 0 Å². The average Bonchev–Trinajstić information content (AvgIpc) is 2.54. The number of benzene rings is 2. The predicted molar refractivity (Wildman–Crippen MR) is 83.5 cm³/mol. The van der Waals surface area contributed by atoms with Gasteiger partial charge in [0.15, 0.2) is 11.6 Å². The molecule has 0 heterocycles. The van der Waals surface area contributed by atoms with Crippen molar-refractivity contribution < 1.29 is 23.8 Å². The molecule has 2 rings (SSSR count). The summed E-state index contributed by atoms with van der Waals surface area (Å²) in [6.45, 7) is 1.72. The van der Waals surface area contributed by atoms with Gasteiger partial charge in [-0.15, -0.1) is 0 Å². The summed E-state index contributed by atoms with van der Waals surface area (Å²) in [4.78, 5) is 12.2. The maximum atomic E-state index is 13.7. The molecule has 0 saturated carbocycles. The molecule has 2 aromatic carbocycles. The second-order valence-corrected chi connectivity index (χ2v) is 4.97. The lowest BCUT2D eigenvalue weighted by Gasteiger charge is -2.16. The number of ether oxygens (including phenoxy) is 2.